The summed E-state index contributed by atoms with van der Waals surface area (Å²) in [6, 6.07) is 10.2. The summed E-state index contributed by atoms with van der Waals surface area (Å²) in [4.78, 5) is 33.5. The summed E-state index contributed by atoms with van der Waals surface area (Å²) in [5, 5.41) is 36.2. The SMILES string of the molecule is O=C(CCCCCC(=O)Nc1ccccc1O)N/N=C/c1ccc([N+](=O)[O-])c(O)c1. The number of nitro benzene ring substituents is 1. The van der Waals surface area contributed by atoms with Gasteiger partial charge in [-0.15, -0.1) is 0 Å². The monoisotopic (exact) mass is 414 g/mol. The molecule has 0 saturated carbocycles. The molecule has 2 aromatic carbocycles. The molecule has 0 saturated heterocycles. The molecule has 10 heteroatoms. The minimum Gasteiger partial charge on any atom is -0.506 e. The Labute approximate surface area is 172 Å². The average molecular weight is 414 g/mol. The number of para-hydroxylation sites is 2. The first-order chi connectivity index (χ1) is 14.4. The number of carbonyl (C=O) groups is 2. The van der Waals surface area contributed by atoms with Crippen LogP contribution in [0.5, 0.6) is 11.5 Å². The van der Waals surface area contributed by atoms with Crippen LogP contribution >= 0.6 is 0 Å². The second-order valence-electron chi connectivity index (χ2n) is 6.42. The quantitative estimate of drug-likeness (QED) is 0.154. The standard InChI is InChI=1S/C20H22N4O6/c25-17-7-5-4-6-15(17)22-19(27)8-2-1-3-9-20(28)23-21-13-14-10-11-16(24(29)30)18(26)12-14/h4-7,10-13,25-26H,1-3,8-9H2,(H,22,27)(H,23,28)/b21-13+. The second kappa shape index (κ2) is 11.1. The number of aromatic hydroxyl groups is 2. The molecule has 0 aromatic heterocycles. The maximum atomic E-state index is 11.8. The van der Waals surface area contributed by atoms with Gasteiger partial charge in [-0.1, -0.05) is 18.6 Å². The van der Waals surface area contributed by atoms with Gasteiger partial charge in [-0.05, 0) is 42.7 Å². The lowest BCUT2D eigenvalue weighted by Gasteiger charge is -2.06. The number of phenols is 2. The fraction of sp³-hybridized carbons (Fsp3) is 0.250. The van der Waals surface area contributed by atoms with Gasteiger partial charge < -0.3 is 15.5 Å². The molecule has 0 spiro atoms. The molecule has 0 atom stereocenters. The van der Waals surface area contributed by atoms with Crippen LogP contribution in [0.25, 0.3) is 0 Å². The van der Waals surface area contributed by atoms with Crippen molar-refractivity contribution in [3.63, 3.8) is 0 Å². The summed E-state index contributed by atoms with van der Waals surface area (Å²) in [6.45, 7) is 0. The number of rotatable bonds is 10. The number of unbranched alkanes of at least 4 members (excludes halogenated alkanes) is 2. The zero-order chi connectivity index (χ0) is 21.9. The Kier molecular flexibility index (Phi) is 8.30. The molecule has 158 valence electrons. The predicted octanol–water partition coefficient (Wildman–Crippen LogP) is 3.05. The van der Waals surface area contributed by atoms with Gasteiger partial charge in [-0.25, -0.2) is 5.43 Å². The topological polar surface area (TPSA) is 154 Å². The summed E-state index contributed by atoms with van der Waals surface area (Å²) in [7, 11) is 0. The Hall–Kier alpha value is -3.95. The van der Waals surface area contributed by atoms with Crippen LogP contribution in [0.3, 0.4) is 0 Å². The first kappa shape index (κ1) is 22.3. The largest absolute Gasteiger partial charge is 0.506 e. The van der Waals surface area contributed by atoms with Crippen LogP contribution in [0.15, 0.2) is 47.6 Å². The summed E-state index contributed by atoms with van der Waals surface area (Å²) in [6.07, 6.45) is 3.61. The van der Waals surface area contributed by atoms with Crippen molar-refractivity contribution in [3.05, 3.63) is 58.1 Å². The van der Waals surface area contributed by atoms with Crippen molar-refractivity contribution in [2.24, 2.45) is 5.10 Å². The van der Waals surface area contributed by atoms with Crippen molar-refractivity contribution in [3.8, 4) is 11.5 Å². The predicted molar refractivity (Wildman–Crippen MR) is 110 cm³/mol. The third-order valence-corrected chi connectivity index (χ3v) is 4.08. The number of hydrogen-bond acceptors (Lipinski definition) is 7. The molecule has 0 aliphatic carbocycles. The van der Waals surface area contributed by atoms with E-state index in [9.17, 15) is 29.9 Å². The van der Waals surface area contributed by atoms with Crippen LogP contribution in [0.2, 0.25) is 0 Å². The van der Waals surface area contributed by atoms with Crippen molar-refractivity contribution in [1.29, 1.82) is 0 Å². The van der Waals surface area contributed by atoms with Crippen molar-refractivity contribution in [2.45, 2.75) is 32.1 Å². The highest BCUT2D eigenvalue weighted by atomic mass is 16.6. The Morgan fingerprint density at radius 3 is 2.37 bits per heavy atom. The van der Waals surface area contributed by atoms with Crippen molar-refractivity contribution < 1.29 is 24.7 Å². The van der Waals surface area contributed by atoms with E-state index in [4.69, 9.17) is 0 Å². The highest BCUT2D eigenvalue weighted by molar-refractivity contribution is 5.92. The number of anilines is 1. The number of nitro groups is 1. The molecule has 10 nitrogen and oxygen atoms in total. The van der Waals surface area contributed by atoms with Gasteiger partial charge in [0.2, 0.25) is 11.8 Å². The average Bonchev–Trinajstić information content (AvgIpc) is 2.69. The fourth-order valence-electron chi connectivity index (χ4n) is 2.55. The number of nitrogens with zero attached hydrogens (tertiary/aromatic N) is 2. The van der Waals surface area contributed by atoms with E-state index in [2.05, 4.69) is 15.8 Å². The van der Waals surface area contributed by atoms with Gasteiger partial charge in [0.1, 0.15) is 5.75 Å². The van der Waals surface area contributed by atoms with Gasteiger partial charge in [0.25, 0.3) is 0 Å². The lowest BCUT2D eigenvalue weighted by Crippen LogP contribution is -2.17. The normalized spacial score (nSPS) is 10.7. The summed E-state index contributed by atoms with van der Waals surface area (Å²) >= 11 is 0. The molecule has 0 aliphatic rings. The number of hydrazone groups is 1. The van der Waals surface area contributed by atoms with Crippen LogP contribution in [-0.4, -0.2) is 33.2 Å². The number of hydrogen-bond donors (Lipinski definition) is 4. The molecular formula is C20H22N4O6. The van der Waals surface area contributed by atoms with E-state index in [-0.39, 0.29) is 30.4 Å². The molecule has 4 N–H and O–H groups in total. The molecule has 0 heterocycles. The highest BCUT2D eigenvalue weighted by Gasteiger charge is 2.12. The minimum absolute atomic E-state index is 0.00649. The Bertz CT molecular complexity index is 945. The summed E-state index contributed by atoms with van der Waals surface area (Å²) in [5.41, 5.74) is 2.68. The first-order valence-corrected chi connectivity index (χ1v) is 9.24. The molecule has 0 bridgehead atoms. The zero-order valence-electron chi connectivity index (χ0n) is 16.1. The minimum atomic E-state index is -0.701. The number of phenolic OH excluding ortho intramolecular Hbond substituents is 2. The van der Waals surface area contributed by atoms with Crippen LogP contribution in [0.4, 0.5) is 11.4 Å². The molecular weight excluding hydrogens is 392 g/mol. The Morgan fingerprint density at radius 2 is 1.70 bits per heavy atom. The summed E-state index contributed by atoms with van der Waals surface area (Å²) in [5.74, 6) is -0.998. The zero-order valence-corrected chi connectivity index (χ0v) is 16.1. The van der Waals surface area contributed by atoms with Crippen molar-refractivity contribution in [2.75, 3.05) is 5.32 Å². The summed E-state index contributed by atoms with van der Waals surface area (Å²) < 4.78 is 0. The maximum absolute atomic E-state index is 11.8. The van der Waals surface area contributed by atoms with E-state index >= 15 is 0 Å². The van der Waals surface area contributed by atoms with E-state index in [1.807, 2.05) is 0 Å². The van der Waals surface area contributed by atoms with Gasteiger partial charge in [-0.2, -0.15) is 5.10 Å². The molecule has 0 aliphatic heterocycles. The van der Waals surface area contributed by atoms with E-state index in [1.165, 1.54) is 24.4 Å². The number of carbonyl (C=O) groups excluding carboxylic acids is 2. The van der Waals surface area contributed by atoms with Gasteiger partial charge in [0.05, 0.1) is 16.8 Å². The fourth-order valence-corrected chi connectivity index (χ4v) is 2.55. The van der Waals surface area contributed by atoms with E-state index in [1.54, 1.807) is 18.2 Å². The second-order valence-corrected chi connectivity index (χ2v) is 6.42. The molecule has 0 unspecified atom stereocenters. The molecule has 30 heavy (non-hydrogen) atoms. The molecule has 2 amide bonds. The third kappa shape index (κ3) is 7.23. The van der Waals surface area contributed by atoms with E-state index < -0.39 is 16.4 Å². The highest BCUT2D eigenvalue weighted by Crippen LogP contribution is 2.25. The Balaban J connectivity index is 1.62. The molecule has 0 fully saturated rings. The number of nitrogens with one attached hydrogen (secondary N) is 2. The third-order valence-electron chi connectivity index (χ3n) is 4.08. The van der Waals surface area contributed by atoms with Crippen molar-refractivity contribution >= 4 is 29.4 Å². The van der Waals surface area contributed by atoms with Crippen LogP contribution in [0.1, 0.15) is 37.7 Å². The van der Waals surface area contributed by atoms with E-state index in [0.29, 0.717) is 30.5 Å². The molecule has 0 radical (unpaired) electrons. The molecule has 2 rings (SSSR count). The Morgan fingerprint density at radius 1 is 1.00 bits per heavy atom. The van der Waals surface area contributed by atoms with Crippen molar-refractivity contribution in [1.82, 2.24) is 5.43 Å². The van der Waals surface area contributed by atoms with Crippen LogP contribution in [-0.2, 0) is 9.59 Å². The number of benzene rings is 2. The van der Waals surface area contributed by atoms with Gasteiger partial charge in [0.15, 0.2) is 5.75 Å². The lowest BCUT2D eigenvalue weighted by atomic mass is 10.1. The van der Waals surface area contributed by atoms with Crippen LogP contribution < -0.4 is 10.7 Å². The van der Waals surface area contributed by atoms with Gasteiger partial charge in [0, 0.05) is 18.9 Å². The van der Waals surface area contributed by atoms with Crippen LogP contribution in [0, 0.1) is 10.1 Å². The van der Waals surface area contributed by atoms with Gasteiger partial charge in [-0.3, -0.25) is 19.7 Å². The maximum Gasteiger partial charge on any atom is 0.310 e. The lowest BCUT2D eigenvalue weighted by molar-refractivity contribution is -0.385. The first-order valence-electron chi connectivity index (χ1n) is 9.24. The smallest absolute Gasteiger partial charge is 0.310 e. The number of amides is 2. The van der Waals surface area contributed by atoms with Gasteiger partial charge >= 0.3 is 5.69 Å². The molecule has 2 aromatic rings. The van der Waals surface area contributed by atoms with E-state index in [0.717, 1.165) is 6.07 Å².